The smallest absolute Gasteiger partial charge is 0.234 e. The molecule has 0 bridgehead atoms. The van der Waals surface area contributed by atoms with Gasteiger partial charge in [0.25, 0.3) is 0 Å². The molecule has 1 fully saturated rings. The number of hydrogen-bond acceptors (Lipinski definition) is 5. The number of carbonyl (C=O) groups is 1. The third-order valence-corrected chi connectivity index (χ3v) is 5.52. The number of nitrogens with zero attached hydrogens (tertiary/aromatic N) is 3. The molecular formula is C13H19ClN4O3S. The number of piperazine rings is 1. The molecule has 0 atom stereocenters. The Morgan fingerprint density at radius 3 is 2.59 bits per heavy atom. The lowest BCUT2D eigenvalue weighted by atomic mass is 10.3. The third kappa shape index (κ3) is 4.56. The van der Waals surface area contributed by atoms with Crippen LogP contribution in [0.1, 0.15) is 0 Å². The summed E-state index contributed by atoms with van der Waals surface area (Å²) in [6.45, 7) is 2.12. The number of aromatic nitrogens is 1. The summed E-state index contributed by atoms with van der Waals surface area (Å²) in [6, 6.07) is 5.66. The van der Waals surface area contributed by atoms with E-state index >= 15 is 0 Å². The van der Waals surface area contributed by atoms with Crippen molar-refractivity contribution in [2.24, 2.45) is 0 Å². The summed E-state index contributed by atoms with van der Waals surface area (Å²) < 4.78 is 25.9. The predicted octanol–water partition coefficient (Wildman–Crippen LogP) is -0.112. The van der Waals surface area contributed by atoms with Crippen LogP contribution in [0.4, 0.5) is 5.82 Å². The lowest BCUT2D eigenvalue weighted by molar-refractivity contribution is -0.118. The molecule has 7 nitrogen and oxygen atoms in total. The quantitative estimate of drug-likeness (QED) is 0.727. The van der Waals surface area contributed by atoms with Crippen molar-refractivity contribution in [2.75, 3.05) is 49.3 Å². The van der Waals surface area contributed by atoms with Crippen LogP contribution < -0.4 is 10.2 Å². The highest BCUT2D eigenvalue weighted by molar-refractivity contribution is 7.89. The highest BCUT2D eigenvalue weighted by atomic mass is 35.5. The summed E-state index contributed by atoms with van der Waals surface area (Å²) in [5, 5.41) is 2.47. The van der Waals surface area contributed by atoms with Crippen LogP contribution in [0, 0.1) is 0 Å². The van der Waals surface area contributed by atoms with E-state index in [0.29, 0.717) is 26.2 Å². The molecule has 1 aliphatic heterocycles. The number of alkyl halides is 1. The van der Waals surface area contributed by atoms with Crippen molar-refractivity contribution in [3.63, 3.8) is 0 Å². The molecule has 1 N–H and O–H groups in total. The van der Waals surface area contributed by atoms with Crippen LogP contribution in [0.25, 0.3) is 0 Å². The summed E-state index contributed by atoms with van der Waals surface area (Å²) in [4.78, 5) is 17.3. The zero-order chi connectivity index (χ0) is 16.0. The van der Waals surface area contributed by atoms with E-state index in [1.165, 1.54) is 4.31 Å². The van der Waals surface area contributed by atoms with Gasteiger partial charge in [0.2, 0.25) is 15.9 Å². The van der Waals surface area contributed by atoms with Gasteiger partial charge in [0.05, 0.1) is 5.75 Å². The molecule has 0 saturated carbocycles. The molecule has 1 aromatic heterocycles. The van der Waals surface area contributed by atoms with Crippen LogP contribution in [0.3, 0.4) is 0 Å². The molecule has 0 unspecified atom stereocenters. The van der Waals surface area contributed by atoms with Gasteiger partial charge in [-0.3, -0.25) is 4.79 Å². The number of anilines is 1. The topological polar surface area (TPSA) is 82.6 Å². The highest BCUT2D eigenvalue weighted by Gasteiger charge is 2.27. The number of pyridine rings is 1. The van der Waals surface area contributed by atoms with Crippen molar-refractivity contribution >= 4 is 33.3 Å². The Balaban J connectivity index is 1.84. The zero-order valence-electron chi connectivity index (χ0n) is 12.1. The molecule has 2 rings (SSSR count). The van der Waals surface area contributed by atoms with Crippen molar-refractivity contribution in [1.29, 1.82) is 0 Å². The molecule has 0 spiro atoms. The largest absolute Gasteiger partial charge is 0.354 e. The van der Waals surface area contributed by atoms with Crippen molar-refractivity contribution < 1.29 is 13.2 Å². The van der Waals surface area contributed by atoms with E-state index in [9.17, 15) is 13.2 Å². The molecule has 1 aliphatic rings. The normalized spacial score (nSPS) is 16.5. The Kier molecular flexibility index (Phi) is 5.98. The van der Waals surface area contributed by atoms with Crippen molar-refractivity contribution in [2.45, 2.75) is 0 Å². The maximum absolute atomic E-state index is 12.2. The average Bonchev–Trinajstić information content (AvgIpc) is 2.55. The Morgan fingerprint density at radius 2 is 2.00 bits per heavy atom. The standard InChI is InChI=1S/C13H19ClN4O3S/c14-11-13(19)16-5-10-22(20,21)18-8-6-17(7-9-18)12-3-1-2-4-15-12/h1-4H,5-11H2,(H,16,19). The van der Waals surface area contributed by atoms with Gasteiger partial charge in [-0.05, 0) is 12.1 Å². The van der Waals surface area contributed by atoms with Crippen LogP contribution in [0.2, 0.25) is 0 Å². The molecule has 1 saturated heterocycles. The van der Waals surface area contributed by atoms with Gasteiger partial charge in [-0.2, -0.15) is 4.31 Å². The van der Waals surface area contributed by atoms with E-state index in [2.05, 4.69) is 15.2 Å². The first-order chi connectivity index (χ1) is 10.5. The van der Waals surface area contributed by atoms with Crippen LogP contribution in [0.15, 0.2) is 24.4 Å². The monoisotopic (exact) mass is 346 g/mol. The minimum atomic E-state index is -3.36. The first-order valence-corrected chi connectivity index (χ1v) is 9.14. The lowest BCUT2D eigenvalue weighted by Gasteiger charge is -2.34. The van der Waals surface area contributed by atoms with Gasteiger partial charge in [0, 0.05) is 38.9 Å². The van der Waals surface area contributed by atoms with E-state index < -0.39 is 10.0 Å². The number of halogens is 1. The maximum atomic E-state index is 12.2. The molecule has 0 aliphatic carbocycles. The average molecular weight is 347 g/mol. The Labute approximate surface area is 135 Å². The summed E-state index contributed by atoms with van der Waals surface area (Å²) in [7, 11) is -3.36. The zero-order valence-corrected chi connectivity index (χ0v) is 13.7. The first kappa shape index (κ1) is 17.0. The van der Waals surface area contributed by atoms with Gasteiger partial charge in [-0.15, -0.1) is 11.6 Å². The van der Waals surface area contributed by atoms with Crippen LogP contribution in [-0.2, 0) is 14.8 Å². The third-order valence-electron chi connectivity index (χ3n) is 3.41. The lowest BCUT2D eigenvalue weighted by Crippen LogP contribution is -2.50. The molecule has 0 radical (unpaired) electrons. The Hall–Kier alpha value is -1.38. The fourth-order valence-electron chi connectivity index (χ4n) is 2.23. The molecule has 22 heavy (non-hydrogen) atoms. The summed E-state index contributed by atoms with van der Waals surface area (Å²) in [6.07, 6.45) is 1.72. The van der Waals surface area contributed by atoms with Crippen LogP contribution >= 0.6 is 11.6 Å². The van der Waals surface area contributed by atoms with Gasteiger partial charge < -0.3 is 10.2 Å². The molecule has 1 amide bonds. The van der Waals surface area contributed by atoms with Crippen molar-refractivity contribution in [3.05, 3.63) is 24.4 Å². The van der Waals surface area contributed by atoms with Gasteiger partial charge >= 0.3 is 0 Å². The van der Waals surface area contributed by atoms with Gasteiger partial charge in [-0.1, -0.05) is 6.07 Å². The number of carbonyl (C=O) groups excluding carboxylic acids is 1. The minimum absolute atomic E-state index is 0.0777. The molecular weight excluding hydrogens is 328 g/mol. The summed E-state index contributed by atoms with van der Waals surface area (Å²) in [5.74, 6) is 0.216. The molecule has 0 aromatic carbocycles. The van der Waals surface area contributed by atoms with Crippen molar-refractivity contribution in [1.82, 2.24) is 14.6 Å². The van der Waals surface area contributed by atoms with Crippen molar-refractivity contribution in [3.8, 4) is 0 Å². The molecule has 2 heterocycles. The first-order valence-electron chi connectivity index (χ1n) is 6.99. The van der Waals surface area contributed by atoms with Gasteiger partial charge in [0.1, 0.15) is 11.7 Å². The van der Waals surface area contributed by atoms with E-state index in [-0.39, 0.29) is 24.1 Å². The second-order valence-electron chi connectivity index (χ2n) is 4.87. The number of rotatable bonds is 6. The predicted molar refractivity (Wildman–Crippen MR) is 85.5 cm³/mol. The SMILES string of the molecule is O=C(CCl)NCCS(=O)(=O)N1CCN(c2ccccn2)CC1. The molecule has 122 valence electrons. The Morgan fingerprint density at radius 1 is 1.27 bits per heavy atom. The van der Waals surface area contributed by atoms with E-state index in [1.807, 2.05) is 18.2 Å². The Bertz CT molecular complexity index is 589. The fraction of sp³-hybridized carbons (Fsp3) is 0.538. The summed E-state index contributed by atoms with van der Waals surface area (Å²) >= 11 is 5.34. The van der Waals surface area contributed by atoms with Gasteiger partial charge in [0.15, 0.2) is 0 Å². The molecule has 9 heteroatoms. The van der Waals surface area contributed by atoms with E-state index in [4.69, 9.17) is 11.6 Å². The molecule has 1 aromatic rings. The maximum Gasteiger partial charge on any atom is 0.234 e. The van der Waals surface area contributed by atoms with E-state index in [1.54, 1.807) is 6.20 Å². The summed E-state index contributed by atoms with van der Waals surface area (Å²) in [5.41, 5.74) is 0. The second-order valence-corrected chi connectivity index (χ2v) is 7.23. The second kappa shape index (κ2) is 7.75. The van der Waals surface area contributed by atoms with Crippen LogP contribution in [-0.4, -0.2) is 68.0 Å². The number of amides is 1. The number of hydrogen-bond donors (Lipinski definition) is 1. The minimum Gasteiger partial charge on any atom is -0.354 e. The van der Waals surface area contributed by atoms with Crippen LogP contribution in [0.5, 0.6) is 0 Å². The van der Waals surface area contributed by atoms with Gasteiger partial charge in [-0.25, -0.2) is 13.4 Å². The fourth-order valence-corrected chi connectivity index (χ4v) is 3.66. The highest BCUT2D eigenvalue weighted by Crippen LogP contribution is 2.14. The number of nitrogens with one attached hydrogen (secondary N) is 1. The number of sulfonamides is 1. The van der Waals surface area contributed by atoms with E-state index in [0.717, 1.165) is 5.82 Å².